The van der Waals surface area contributed by atoms with Crippen LogP contribution < -0.4 is 0 Å². The molecule has 0 aliphatic heterocycles. The van der Waals surface area contributed by atoms with Crippen molar-refractivity contribution in [3.63, 3.8) is 0 Å². The highest BCUT2D eigenvalue weighted by Crippen LogP contribution is 2.36. The Morgan fingerprint density at radius 3 is 2.57 bits per heavy atom. The summed E-state index contributed by atoms with van der Waals surface area (Å²) in [4.78, 5) is 12.6. The van der Waals surface area contributed by atoms with Crippen molar-refractivity contribution in [2.75, 3.05) is 6.61 Å². The normalized spacial score (nSPS) is 11.8. The van der Waals surface area contributed by atoms with E-state index in [1.807, 2.05) is 34.9 Å². The third-order valence-corrected chi connectivity index (χ3v) is 5.17. The van der Waals surface area contributed by atoms with E-state index in [1.54, 1.807) is 25.1 Å². The molecule has 0 aliphatic rings. The molecule has 28 heavy (non-hydrogen) atoms. The molecule has 0 N–H and O–H groups in total. The van der Waals surface area contributed by atoms with Gasteiger partial charge in [-0.05, 0) is 36.8 Å². The largest absolute Gasteiger partial charge is 0.465 e. The smallest absolute Gasteiger partial charge is 0.324 e. The molecule has 0 bridgehead atoms. The Hall–Kier alpha value is -2.93. The van der Waals surface area contributed by atoms with Gasteiger partial charge in [0, 0.05) is 12.1 Å². The summed E-state index contributed by atoms with van der Waals surface area (Å²) in [5.74, 6) is -0.0761. The SMILES string of the molecule is C=CCn1c(S[C@@H](C(=O)OCC)c2ccccc2)nnc1-c1ccc(F)cc1. The van der Waals surface area contributed by atoms with Gasteiger partial charge in [-0.3, -0.25) is 9.36 Å². The van der Waals surface area contributed by atoms with E-state index in [-0.39, 0.29) is 11.8 Å². The lowest BCUT2D eigenvalue weighted by Gasteiger charge is -2.16. The minimum absolute atomic E-state index is 0.295. The number of halogens is 1. The maximum absolute atomic E-state index is 13.3. The fourth-order valence-electron chi connectivity index (χ4n) is 2.69. The number of ether oxygens (including phenoxy) is 1. The number of thioether (sulfide) groups is 1. The summed E-state index contributed by atoms with van der Waals surface area (Å²) in [6.07, 6.45) is 1.72. The minimum Gasteiger partial charge on any atom is -0.465 e. The van der Waals surface area contributed by atoms with Crippen molar-refractivity contribution in [2.45, 2.75) is 23.9 Å². The Balaban J connectivity index is 1.98. The summed E-state index contributed by atoms with van der Waals surface area (Å²) in [6.45, 7) is 6.31. The lowest BCUT2D eigenvalue weighted by molar-refractivity contribution is -0.142. The molecular formula is C21H20FN3O2S. The van der Waals surface area contributed by atoms with Gasteiger partial charge in [0.2, 0.25) is 0 Å². The van der Waals surface area contributed by atoms with Crippen LogP contribution in [0.15, 0.2) is 72.4 Å². The van der Waals surface area contributed by atoms with Crippen LogP contribution in [0.1, 0.15) is 17.7 Å². The molecule has 0 aliphatic carbocycles. The first-order valence-corrected chi connectivity index (χ1v) is 9.70. The lowest BCUT2D eigenvalue weighted by Crippen LogP contribution is -2.14. The molecule has 0 unspecified atom stereocenters. The molecule has 144 valence electrons. The van der Waals surface area contributed by atoms with Gasteiger partial charge >= 0.3 is 5.97 Å². The molecule has 0 amide bonds. The Bertz CT molecular complexity index is 942. The predicted molar refractivity (Wildman–Crippen MR) is 107 cm³/mol. The molecule has 0 saturated heterocycles. The molecule has 3 rings (SSSR count). The van der Waals surface area contributed by atoms with Gasteiger partial charge in [0.1, 0.15) is 11.1 Å². The monoisotopic (exact) mass is 397 g/mol. The highest BCUT2D eigenvalue weighted by molar-refractivity contribution is 8.00. The molecule has 0 saturated carbocycles. The van der Waals surface area contributed by atoms with Crippen LogP contribution in [0, 0.1) is 5.82 Å². The maximum Gasteiger partial charge on any atom is 0.324 e. The fourth-order valence-corrected chi connectivity index (χ4v) is 3.73. The number of aromatic nitrogens is 3. The van der Waals surface area contributed by atoms with E-state index in [9.17, 15) is 9.18 Å². The summed E-state index contributed by atoms with van der Waals surface area (Å²) in [6, 6.07) is 15.4. The second-order valence-electron chi connectivity index (χ2n) is 5.87. The zero-order valence-corrected chi connectivity index (χ0v) is 16.2. The Kier molecular flexibility index (Phi) is 6.60. The van der Waals surface area contributed by atoms with Gasteiger partial charge in [0.25, 0.3) is 0 Å². The Morgan fingerprint density at radius 1 is 1.21 bits per heavy atom. The number of benzene rings is 2. The van der Waals surface area contributed by atoms with Crippen LogP contribution in [0.3, 0.4) is 0 Å². The van der Waals surface area contributed by atoms with E-state index in [0.717, 1.165) is 11.1 Å². The average Bonchev–Trinajstić information content (AvgIpc) is 3.10. The van der Waals surface area contributed by atoms with Gasteiger partial charge in [-0.25, -0.2) is 4.39 Å². The average molecular weight is 397 g/mol. The first-order valence-electron chi connectivity index (χ1n) is 8.82. The quantitative estimate of drug-likeness (QED) is 0.314. The molecule has 0 spiro atoms. The molecule has 0 radical (unpaired) electrons. The first-order chi connectivity index (χ1) is 13.6. The van der Waals surface area contributed by atoms with Gasteiger partial charge < -0.3 is 4.74 Å². The van der Waals surface area contributed by atoms with E-state index in [2.05, 4.69) is 16.8 Å². The van der Waals surface area contributed by atoms with Gasteiger partial charge in [-0.1, -0.05) is 48.2 Å². The van der Waals surface area contributed by atoms with Crippen LogP contribution in [-0.4, -0.2) is 27.3 Å². The highest BCUT2D eigenvalue weighted by atomic mass is 32.2. The Labute approximate surface area is 167 Å². The molecule has 0 fully saturated rings. The van der Waals surface area contributed by atoms with Gasteiger partial charge in [-0.15, -0.1) is 16.8 Å². The van der Waals surface area contributed by atoms with Crippen LogP contribution in [0.2, 0.25) is 0 Å². The molecule has 1 heterocycles. The van der Waals surface area contributed by atoms with E-state index < -0.39 is 5.25 Å². The third-order valence-electron chi connectivity index (χ3n) is 3.96. The molecule has 1 atom stereocenters. The zero-order valence-electron chi connectivity index (χ0n) is 15.4. The summed E-state index contributed by atoms with van der Waals surface area (Å²) in [5.41, 5.74) is 1.55. The van der Waals surface area contributed by atoms with Crippen LogP contribution >= 0.6 is 11.8 Å². The zero-order chi connectivity index (χ0) is 19.9. The molecule has 5 nitrogen and oxygen atoms in total. The lowest BCUT2D eigenvalue weighted by atomic mass is 10.1. The molecule has 2 aromatic carbocycles. The second-order valence-corrected chi connectivity index (χ2v) is 6.95. The van der Waals surface area contributed by atoms with Gasteiger partial charge in [0.05, 0.1) is 6.61 Å². The maximum atomic E-state index is 13.3. The standard InChI is InChI=1S/C21H20FN3O2S/c1-3-14-25-19(16-10-12-17(22)13-11-16)23-24-21(25)28-18(20(26)27-4-2)15-8-6-5-7-9-15/h3,5-13,18H,1,4,14H2,2H3/t18-/m1/s1. The number of rotatable bonds is 8. The van der Waals surface area contributed by atoms with Crippen molar-refractivity contribution in [3.8, 4) is 11.4 Å². The van der Waals surface area contributed by atoms with Crippen molar-refractivity contribution in [2.24, 2.45) is 0 Å². The summed E-state index contributed by atoms with van der Waals surface area (Å²) >= 11 is 1.27. The predicted octanol–water partition coefficient (Wildman–Crippen LogP) is 4.67. The second kappa shape index (κ2) is 9.32. The fraction of sp³-hybridized carbons (Fsp3) is 0.190. The van der Waals surface area contributed by atoms with E-state index in [4.69, 9.17) is 4.74 Å². The van der Waals surface area contributed by atoms with Crippen LogP contribution in [0.5, 0.6) is 0 Å². The molecule has 7 heteroatoms. The van der Waals surface area contributed by atoms with Gasteiger partial charge in [-0.2, -0.15) is 0 Å². The van der Waals surface area contributed by atoms with Crippen molar-refractivity contribution in [3.05, 3.63) is 78.6 Å². The number of hydrogen-bond acceptors (Lipinski definition) is 5. The van der Waals surface area contributed by atoms with Crippen molar-refractivity contribution in [1.82, 2.24) is 14.8 Å². The van der Waals surface area contributed by atoms with E-state index in [0.29, 0.717) is 24.1 Å². The number of carbonyl (C=O) groups excluding carboxylic acids is 1. The van der Waals surface area contributed by atoms with Crippen molar-refractivity contribution in [1.29, 1.82) is 0 Å². The molecule has 3 aromatic rings. The number of nitrogens with zero attached hydrogens (tertiary/aromatic N) is 3. The Morgan fingerprint density at radius 2 is 1.93 bits per heavy atom. The number of hydrogen-bond donors (Lipinski definition) is 0. The third kappa shape index (κ3) is 4.48. The summed E-state index contributed by atoms with van der Waals surface area (Å²) in [7, 11) is 0. The van der Waals surface area contributed by atoms with Crippen molar-refractivity contribution < 1.29 is 13.9 Å². The molecular weight excluding hydrogens is 377 g/mol. The number of esters is 1. The highest BCUT2D eigenvalue weighted by Gasteiger charge is 2.26. The minimum atomic E-state index is -0.574. The van der Waals surface area contributed by atoms with E-state index in [1.165, 1.54) is 23.9 Å². The number of carbonyl (C=O) groups is 1. The van der Waals surface area contributed by atoms with Crippen LogP contribution in [-0.2, 0) is 16.1 Å². The van der Waals surface area contributed by atoms with Crippen molar-refractivity contribution >= 4 is 17.7 Å². The first kappa shape index (κ1) is 19.8. The molecule has 1 aromatic heterocycles. The summed E-state index contributed by atoms with van der Waals surface area (Å²) in [5, 5.41) is 8.51. The van der Waals surface area contributed by atoms with E-state index >= 15 is 0 Å². The number of allylic oxidation sites excluding steroid dienone is 1. The van der Waals surface area contributed by atoms with Gasteiger partial charge in [0.15, 0.2) is 11.0 Å². The van der Waals surface area contributed by atoms with Crippen LogP contribution in [0.4, 0.5) is 4.39 Å². The van der Waals surface area contributed by atoms with Crippen LogP contribution in [0.25, 0.3) is 11.4 Å². The summed E-state index contributed by atoms with van der Waals surface area (Å²) < 4.78 is 20.4. The topological polar surface area (TPSA) is 57.0 Å².